The molecule has 30 heavy (non-hydrogen) atoms. The Morgan fingerprint density at radius 3 is 2.47 bits per heavy atom. The second-order valence-electron chi connectivity index (χ2n) is 7.00. The van der Waals surface area contributed by atoms with Gasteiger partial charge in [-0.2, -0.15) is 4.31 Å². The van der Waals surface area contributed by atoms with Crippen LogP contribution in [0.25, 0.3) is 5.65 Å². The summed E-state index contributed by atoms with van der Waals surface area (Å²) in [5, 5.41) is 11.2. The van der Waals surface area contributed by atoms with Crippen LogP contribution in [0.4, 0.5) is 4.79 Å². The summed E-state index contributed by atoms with van der Waals surface area (Å²) in [6.07, 6.45) is 1.85. The third-order valence-corrected chi connectivity index (χ3v) is 7.49. The summed E-state index contributed by atoms with van der Waals surface area (Å²) in [7, 11) is -3.58. The molecular weight excluding hydrogens is 472 g/mol. The molecule has 0 saturated carbocycles. The average molecular weight is 493 g/mol. The monoisotopic (exact) mass is 492 g/mol. The molecule has 2 amide bonds. The summed E-state index contributed by atoms with van der Waals surface area (Å²) in [6, 6.07) is 11.5. The molecule has 1 atom stereocenters. The van der Waals surface area contributed by atoms with E-state index in [1.807, 2.05) is 35.7 Å². The molecule has 9 nitrogen and oxygen atoms in total. The first kappa shape index (κ1) is 20.8. The molecule has 3 heterocycles. The Morgan fingerprint density at radius 1 is 1.07 bits per heavy atom. The number of rotatable bonds is 4. The Bertz CT molecular complexity index is 1160. The lowest BCUT2D eigenvalue weighted by Crippen LogP contribution is -2.53. The molecule has 1 saturated heterocycles. The van der Waals surface area contributed by atoms with Crippen molar-refractivity contribution in [3.8, 4) is 0 Å². The molecule has 0 unspecified atom stereocenters. The van der Waals surface area contributed by atoms with Gasteiger partial charge in [-0.1, -0.05) is 22.0 Å². The van der Waals surface area contributed by atoms with Gasteiger partial charge in [-0.3, -0.25) is 4.40 Å². The summed E-state index contributed by atoms with van der Waals surface area (Å²) in [4.78, 5) is 14.6. The van der Waals surface area contributed by atoms with E-state index in [2.05, 4.69) is 31.4 Å². The topological polar surface area (TPSA) is 99.9 Å². The Labute approximate surface area is 182 Å². The smallest absolute Gasteiger partial charge is 0.318 e. The standard InChI is InChI=1S/C19H21BrN6O3S/c1-14(18-23-22-17-4-2-3-9-26(17)18)21-19(27)24-10-12-25(13-11-24)30(28,29)16-7-5-15(20)6-8-16/h2-9,14H,10-13H2,1H3,(H,21,27)/t14-/m0/s1. The molecule has 1 fully saturated rings. The van der Waals surface area contributed by atoms with Crippen molar-refractivity contribution in [2.45, 2.75) is 17.9 Å². The fourth-order valence-electron chi connectivity index (χ4n) is 3.38. The zero-order chi connectivity index (χ0) is 21.3. The van der Waals surface area contributed by atoms with Gasteiger partial charge in [0.15, 0.2) is 11.5 Å². The molecule has 0 radical (unpaired) electrons. The number of aromatic nitrogens is 3. The minimum atomic E-state index is -3.58. The van der Waals surface area contributed by atoms with Crippen molar-refractivity contribution in [3.63, 3.8) is 0 Å². The second-order valence-corrected chi connectivity index (χ2v) is 9.86. The number of hydrogen-bond acceptors (Lipinski definition) is 5. The molecule has 11 heteroatoms. The zero-order valence-corrected chi connectivity index (χ0v) is 18.7. The molecule has 0 bridgehead atoms. The number of piperazine rings is 1. The first-order valence-electron chi connectivity index (χ1n) is 9.47. The van der Waals surface area contributed by atoms with Gasteiger partial charge in [0.1, 0.15) is 0 Å². The fourth-order valence-corrected chi connectivity index (χ4v) is 5.07. The number of benzene rings is 1. The number of amides is 2. The van der Waals surface area contributed by atoms with E-state index in [-0.39, 0.29) is 30.1 Å². The molecule has 0 aliphatic carbocycles. The van der Waals surface area contributed by atoms with Crippen molar-refractivity contribution < 1.29 is 13.2 Å². The number of carbonyl (C=O) groups is 1. The molecule has 1 aliphatic rings. The number of carbonyl (C=O) groups excluding carboxylic acids is 1. The SMILES string of the molecule is C[C@H](NC(=O)N1CCN(S(=O)(=O)c2ccc(Br)cc2)CC1)c1nnc2ccccn12. The van der Waals surface area contributed by atoms with Crippen LogP contribution in [0.15, 0.2) is 58.0 Å². The molecule has 4 rings (SSSR count). The number of pyridine rings is 1. The van der Waals surface area contributed by atoms with Gasteiger partial charge in [-0.05, 0) is 43.3 Å². The third-order valence-electron chi connectivity index (χ3n) is 5.04. The first-order valence-corrected chi connectivity index (χ1v) is 11.7. The number of halogens is 1. The number of nitrogens with one attached hydrogen (secondary N) is 1. The van der Waals surface area contributed by atoms with E-state index in [1.54, 1.807) is 29.2 Å². The molecule has 1 aromatic carbocycles. The maximum absolute atomic E-state index is 12.8. The molecule has 158 valence electrons. The van der Waals surface area contributed by atoms with Gasteiger partial charge in [-0.15, -0.1) is 10.2 Å². The molecule has 3 aromatic rings. The largest absolute Gasteiger partial charge is 0.328 e. The van der Waals surface area contributed by atoms with E-state index < -0.39 is 10.0 Å². The van der Waals surface area contributed by atoms with Gasteiger partial charge in [0.25, 0.3) is 0 Å². The predicted molar refractivity (Wildman–Crippen MR) is 114 cm³/mol. The van der Waals surface area contributed by atoms with Crippen molar-refractivity contribution in [1.82, 2.24) is 29.1 Å². The fraction of sp³-hybridized carbons (Fsp3) is 0.316. The summed E-state index contributed by atoms with van der Waals surface area (Å²) in [6.45, 7) is 2.96. The van der Waals surface area contributed by atoms with Crippen LogP contribution >= 0.6 is 15.9 Å². The van der Waals surface area contributed by atoms with Crippen LogP contribution in [0.1, 0.15) is 18.8 Å². The number of hydrogen-bond donors (Lipinski definition) is 1. The summed E-state index contributed by atoms with van der Waals surface area (Å²) in [5.41, 5.74) is 0.709. The first-order chi connectivity index (χ1) is 14.4. The quantitative estimate of drug-likeness (QED) is 0.601. The minimum absolute atomic E-state index is 0.244. The molecular formula is C19H21BrN6O3S. The average Bonchev–Trinajstić information content (AvgIpc) is 3.18. The summed E-state index contributed by atoms with van der Waals surface area (Å²) in [5.74, 6) is 0.635. The van der Waals surface area contributed by atoms with Crippen molar-refractivity contribution in [2.24, 2.45) is 0 Å². The van der Waals surface area contributed by atoms with Gasteiger partial charge in [0.2, 0.25) is 10.0 Å². The van der Waals surface area contributed by atoms with Gasteiger partial charge >= 0.3 is 6.03 Å². The van der Waals surface area contributed by atoms with Crippen molar-refractivity contribution in [1.29, 1.82) is 0 Å². The van der Waals surface area contributed by atoms with E-state index in [0.717, 1.165) is 4.47 Å². The number of nitrogens with zero attached hydrogens (tertiary/aromatic N) is 5. The Kier molecular flexibility index (Phi) is 5.76. The number of sulfonamides is 1. The minimum Gasteiger partial charge on any atom is -0.328 e. The maximum atomic E-state index is 12.8. The lowest BCUT2D eigenvalue weighted by Gasteiger charge is -2.34. The lowest BCUT2D eigenvalue weighted by atomic mass is 10.3. The van der Waals surface area contributed by atoms with Gasteiger partial charge in [0, 0.05) is 36.8 Å². The molecule has 1 N–H and O–H groups in total. The lowest BCUT2D eigenvalue weighted by molar-refractivity contribution is 0.169. The highest BCUT2D eigenvalue weighted by atomic mass is 79.9. The highest BCUT2D eigenvalue weighted by Crippen LogP contribution is 2.20. The van der Waals surface area contributed by atoms with E-state index in [9.17, 15) is 13.2 Å². The normalized spacial score (nSPS) is 16.5. The van der Waals surface area contributed by atoms with Crippen LogP contribution in [0.3, 0.4) is 0 Å². The highest BCUT2D eigenvalue weighted by Gasteiger charge is 2.30. The van der Waals surface area contributed by atoms with E-state index in [0.29, 0.717) is 24.6 Å². The van der Waals surface area contributed by atoms with Crippen LogP contribution in [-0.4, -0.2) is 64.4 Å². The number of fused-ring (bicyclic) bond motifs is 1. The maximum Gasteiger partial charge on any atom is 0.318 e. The highest BCUT2D eigenvalue weighted by molar-refractivity contribution is 9.10. The van der Waals surface area contributed by atoms with E-state index in [1.165, 1.54) is 4.31 Å². The Balaban J connectivity index is 1.38. The van der Waals surface area contributed by atoms with E-state index >= 15 is 0 Å². The predicted octanol–water partition coefficient (Wildman–Crippen LogP) is 2.27. The number of urea groups is 1. The van der Waals surface area contributed by atoms with Crippen LogP contribution in [0.5, 0.6) is 0 Å². The van der Waals surface area contributed by atoms with Crippen LogP contribution in [0, 0.1) is 0 Å². The molecule has 1 aliphatic heterocycles. The van der Waals surface area contributed by atoms with Crippen molar-refractivity contribution in [3.05, 3.63) is 59.0 Å². The summed E-state index contributed by atoms with van der Waals surface area (Å²) >= 11 is 3.31. The van der Waals surface area contributed by atoms with Gasteiger partial charge in [-0.25, -0.2) is 13.2 Å². The Hall–Kier alpha value is -2.50. The van der Waals surface area contributed by atoms with Crippen molar-refractivity contribution in [2.75, 3.05) is 26.2 Å². The zero-order valence-electron chi connectivity index (χ0n) is 16.3. The molecule has 0 spiro atoms. The van der Waals surface area contributed by atoms with Crippen LogP contribution < -0.4 is 5.32 Å². The van der Waals surface area contributed by atoms with E-state index in [4.69, 9.17) is 0 Å². The third kappa shape index (κ3) is 4.05. The van der Waals surface area contributed by atoms with Gasteiger partial charge in [0.05, 0.1) is 10.9 Å². The summed E-state index contributed by atoms with van der Waals surface area (Å²) < 4.78 is 29.7. The molecule has 2 aromatic heterocycles. The van der Waals surface area contributed by atoms with Crippen LogP contribution in [-0.2, 0) is 10.0 Å². The van der Waals surface area contributed by atoms with Gasteiger partial charge < -0.3 is 10.2 Å². The Morgan fingerprint density at radius 2 is 1.77 bits per heavy atom. The van der Waals surface area contributed by atoms with Crippen molar-refractivity contribution >= 4 is 37.6 Å². The van der Waals surface area contributed by atoms with Crippen LogP contribution in [0.2, 0.25) is 0 Å². The second kappa shape index (κ2) is 8.32.